The third-order valence-corrected chi connectivity index (χ3v) is 2.80. The Morgan fingerprint density at radius 2 is 2.13 bits per heavy atom. The lowest BCUT2D eigenvalue weighted by Crippen LogP contribution is -2.37. The molecular formula is C11H15FN2O. The number of hydrogen-bond donors (Lipinski definition) is 0. The Kier molecular flexibility index (Phi) is 3.16. The summed E-state index contributed by atoms with van der Waals surface area (Å²) in [5, 5.41) is 0. The number of methoxy groups -OCH3 is 1. The first-order valence-electron chi connectivity index (χ1n) is 5.20. The van der Waals surface area contributed by atoms with Gasteiger partial charge in [0.15, 0.2) is 0 Å². The number of ether oxygens (including phenoxy) is 1. The van der Waals surface area contributed by atoms with E-state index in [2.05, 4.69) is 9.88 Å². The SMILES string of the molecule is COC1CCN(c2cccc(F)n2)CC1. The van der Waals surface area contributed by atoms with E-state index < -0.39 is 5.95 Å². The van der Waals surface area contributed by atoms with Gasteiger partial charge in [-0.25, -0.2) is 4.98 Å². The van der Waals surface area contributed by atoms with Gasteiger partial charge in [-0.05, 0) is 25.0 Å². The van der Waals surface area contributed by atoms with Crippen molar-refractivity contribution in [3.05, 3.63) is 24.1 Å². The van der Waals surface area contributed by atoms with Crippen molar-refractivity contribution in [1.29, 1.82) is 0 Å². The lowest BCUT2D eigenvalue weighted by Gasteiger charge is -2.31. The van der Waals surface area contributed by atoms with Crippen molar-refractivity contribution < 1.29 is 9.13 Å². The smallest absolute Gasteiger partial charge is 0.214 e. The number of anilines is 1. The second-order valence-electron chi connectivity index (χ2n) is 3.74. The summed E-state index contributed by atoms with van der Waals surface area (Å²) in [5.74, 6) is 0.311. The maximum atomic E-state index is 12.9. The predicted octanol–water partition coefficient (Wildman–Crippen LogP) is 1.84. The first kappa shape index (κ1) is 10.4. The maximum absolute atomic E-state index is 12.9. The summed E-state index contributed by atoms with van der Waals surface area (Å²) < 4.78 is 18.2. The molecule has 1 aromatic rings. The number of nitrogens with zero attached hydrogens (tertiary/aromatic N) is 2. The van der Waals surface area contributed by atoms with Gasteiger partial charge >= 0.3 is 0 Å². The van der Waals surface area contributed by atoms with Crippen LogP contribution in [0.1, 0.15) is 12.8 Å². The number of rotatable bonds is 2. The summed E-state index contributed by atoms with van der Waals surface area (Å²) in [4.78, 5) is 5.96. The van der Waals surface area contributed by atoms with E-state index in [1.54, 1.807) is 13.2 Å². The van der Waals surface area contributed by atoms with Crippen molar-refractivity contribution in [2.24, 2.45) is 0 Å². The molecule has 2 heterocycles. The molecule has 1 saturated heterocycles. The van der Waals surface area contributed by atoms with Gasteiger partial charge in [0.05, 0.1) is 6.10 Å². The van der Waals surface area contributed by atoms with Crippen molar-refractivity contribution in [2.75, 3.05) is 25.1 Å². The molecule has 0 N–H and O–H groups in total. The fraction of sp³-hybridized carbons (Fsp3) is 0.545. The van der Waals surface area contributed by atoms with Gasteiger partial charge < -0.3 is 9.64 Å². The van der Waals surface area contributed by atoms with Gasteiger partial charge in [0.1, 0.15) is 5.82 Å². The van der Waals surface area contributed by atoms with Gasteiger partial charge in [-0.15, -0.1) is 0 Å². The number of hydrogen-bond acceptors (Lipinski definition) is 3. The van der Waals surface area contributed by atoms with Crippen molar-refractivity contribution in [3.63, 3.8) is 0 Å². The summed E-state index contributed by atoms with van der Waals surface area (Å²) in [6.07, 6.45) is 2.30. The van der Waals surface area contributed by atoms with Crippen LogP contribution in [0.15, 0.2) is 18.2 Å². The van der Waals surface area contributed by atoms with Crippen LogP contribution in [0.3, 0.4) is 0 Å². The quantitative estimate of drug-likeness (QED) is 0.696. The van der Waals surface area contributed by atoms with Crippen molar-refractivity contribution in [3.8, 4) is 0 Å². The first-order valence-corrected chi connectivity index (χ1v) is 5.20. The molecule has 0 aromatic carbocycles. The molecule has 82 valence electrons. The maximum Gasteiger partial charge on any atom is 0.214 e. The third kappa shape index (κ3) is 2.45. The Morgan fingerprint density at radius 1 is 1.40 bits per heavy atom. The van der Waals surface area contributed by atoms with Crippen LogP contribution in [-0.4, -0.2) is 31.3 Å². The largest absolute Gasteiger partial charge is 0.381 e. The molecule has 1 fully saturated rings. The Bertz CT molecular complexity index is 324. The normalized spacial score (nSPS) is 18.1. The fourth-order valence-electron chi connectivity index (χ4n) is 1.89. The monoisotopic (exact) mass is 210 g/mol. The molecule has 0 atom stereocenters. The Morgan fingerprint density at radius 3 is 2.73 bits per heavy atom. The zero-order valence-corrected chi connectivity index (χ0v) is 8.82. The van der Waals surface area contributed by atoms with Crippen LogP contribution in [0.4, 0.5) is 10.2 Å². The molecule has 1 aliphatic heterocycles. The average molecular weight is 210 g/mol. The average Bonchev–Trinajstić information content (AvgIpc) is 2.29. The zero-order chi connectivity index (χ0) is 10.7. The van der Waals surface area contributed by atoms with Crippen molar-refractivity contribution >= 4 is 5.82 Å². The van der Waals surface area contributed by atoms with E-state index in [-0.39, 0.29) is 0 Å². The van der Waals surface area contributed by atoms with E-state index in [4.69, 9.17) is 4.74 Å². The highest BCUT2D eigenvalue weighted by atomic mass is 19.1. The highest BCUT2D eigenvalue weighted by Crippen LogP contribution is 2.19. The summed E-state index contributed by atoms with van der Waals surface area (Å²) >= 11 is 0. The van der Waals surface area contributed by atoms with Crippen LogP contribution in [-0.2, 0) is 4.74 Å². The van der Waals surface area contributed by atoms with Crippen LogP contribution in [0, 0.1) is 5.95 Å². The van der Waals surface area contributed by atoms with E-state index in [1.807, 2.05) is 6.07 Å². The molecule has 15 heavy (non-hydrogen) atoms. The van der Waals surface area contributed by atoms with Crippen LogP contribution in [0.5, 0.6) is 0 Å². The molecular weight excluding hydrogens is 195 g/mol. The predicted molar refractivity (Wildman–Crippen MR) is 56.4 cm³/mol. The van der Waals surface area contributed by atoms with E-state index in [0.29, 0.717) is 6.10 Å². The number of piperidine rings is 1. The summed E-state index contributed by atoms with van der Waals surface area (Å²) in [6, 6.07) is 4.90. The minimum Gasteiger partial charge on any atom is -0.381 e. The second-order valence-corrected chi connectivity index (χ2v) is 3.74. The molecule has 0 aliphatic carbocycles. The lowest BCUT2D eigenvalue weighted by atomic mass is 10.1. The molecule has 1 aromatic heterocycles. The van der Waals surface area contributed by atoms with E-state index in [1.165, 1.54) is 6.07 Å². The summed E-state index contributed by atoms with van der Waals surface area (Å²) in [5.41, 5.74) is 0. The van der Waals surface area contributed by atoms with Gasteiger partial charge in [-0.2, -0.15) is 4.39 Å². The highest BCUT2D eigenvalue weighted by molar-refractivity contribution is 5.38. The fourth-order valence-corrected chi connectivity index (χ4v) is 1.89. The van der Waals surface area contributed by atoms with Crippen LogP contribution < -0.4 is 4.90 Å². The van der Waals surface area contributed by atoms with Crippen LogP contribution in [0.25, 0.3) is 0 Å². The first-order chi connectivity index (χ1) is 7.29. The Balaban J connectivity index is 2.01. The lowest BCUT2D eigenvalue weighted by molar-refractivity contribution is 0.0818. The summed E-state index contributed by atoms with van der Waals surface area (Å²) in [7, 11) is 1.74. The number of pyridine rings is 1. The van der Waals surface area contributed by atoms with Crippen molar-refractivity contribution in [1.82, 2.24) is 4.98 Å². The molecule has 3 nitrogen and oxygen atoms in total. The van der Waals surface area contributed by atoms with Gasteiger partial charge in [-0.3, -0.25) is 0 Å². The van der Waals surface area contributed by atoms with Crippen molar-refractivity contribution in [2.45, 2.75) is 18.9 Å². The Hall–Kier alpha value is -1.16. The topological polar surface area (TPSA) is 25.4 Å². The molecule has 0 bridgehead atoms. The molecule has 0 unspecified atom stereocenters. The molecule has 0 amide bonds. The molecule has 0 saturated carbocycles. The Labute approximate surface area is 88.9 Å². The van der Waals surface area contributed by atoms with E-state index in [0.717, 1.165) is 31.7 Å². The van der Waals surface area contributed by atoms with Gasteiger partial charge in [-0.1, -0.05) is 6.07 Å². The second kappa shape index (κ2) is 4.57. The van der Waals surface area contributed by atoms with Gasteiger partial charge in [0.25, 0.3) is 0 Å². The number of halogens is 1. The standard InChI is InChI=1S/C11H15FN2O/c1-15-9-5-7-14(8-6-9)11-4-2-3-10(12)13-11/h2-4,9H,5-8H2,1H3. The summed E-state index contributed by atoms with van der Waals surface area (Å²) in [6.45, 7) is 1.77. The van der Waals surface area contributed by atoms with E-state index >= 15 is 0 Å². The number of aromatic nitrogens is 1. The molecule has 0 radical (unpaired) electrons. The van der Waals surface area contributed by atoms with E-state index in [9.17, 15) is 4.39 Å². The third-order valence-electron chi connectivity index (χ3n) is 2.80. The molecule has 1 aliphatic rings. The highest BCUT2D eigenvalue weighted by Gasteiger charge is 2.19. The van der Waals surface area contributed by atoms with Crippen LogP contribution in [0.2, 0.25) is 0 Å². The van der Waals surface area contributed by atoms with Crippen LogP contribution >= 0.6 is 0 Å². The zero-order valence-electron chi connectivity index (χ0n) is 8.82. The van der Waals surface area contributed by atoms with Gasteiger partial charge in [0, 0.05) is 20.2 Å². The molecule has 4 heteroatoms. The molecule has 0 spiro atoms. The molecule has 2 rings (SSSR count). The minimum absolute atomic E-state index is 0.342. The minimum atomic E-state index is -0.415. The van der Waals surface area contributed by atoms with Gasteiger partial charge in [0.2, 0.25) is 5.95 Å².